The molecule has 0 radical (unpaired) electrons. The summed E-state index contributed by atoms with van der Waals surface area (Å²) in [5.74, 6) is 0.457. The number of nitrogens with one attached hydrogen (secondary N) is 1. The zero-order chi connectivity index (χ0) is 14.5. The zero-order valence-electron chi connectivity index (χ0n) is 12.5. The second-order valence-electron chi connectivity index (χ2n) is 5.31. The van der Waals surface area contributed by atoms with Gasteiger partial charge in [-0.05, 0) is 50.3 Å². The van der Waals surface area contributed by atoms with Gasteiger partial charge in [-0.1, -0.05) is 12.1 Å². The minimum atomic E-state index is -0.328. The van der Waals surface area contributed by atoms with Crippen molar-refractivity contribution < 1.29 is 14.3 Å². The molecule has 1 saturated carbocycles. The van der Waals surface area contributed by atoms with Crippen LogP contribution in [0.1, 0.15) is 36.5 Å². The first kappa shape index (κ1) is 14.9. The Labute approximate surface area is 120 Å². The van der Waals surface area contributed by atoms with Gasteiger partial charge in [0.15, 0.2) is 6.61 Å². The molecule has 4 nitrogen and oxygen atoms in total. The fourth-order valence-electron chi connectivity index (χ4n) is 2.25. The molecule has 0 amide bonds. The van der Waals surface area contributed by atoms with E-state index in [1.54, 1.807) is 6.92 Å². The van der Waals surface area contributed by atoms with E-state index in [-0.39, 0.29) is 12.6 Å². The first-order valence-corrected chi connectivity index (χ1v) is 7.22. The van der Waals surface area contributed by atoms with Crippen molar-refractivity contribution in [2.24, 2.45) is 0 Å². The van der Waals surface area contributed by atoms with Crippen LogP contribution in [0.2, 0.25) is 0 Å². The molecule has 0 bridgehead atoms. The van der Waals surface area contributed by atoms with Gasteiger partial charge in [0.25, 0.3) is 0 Å². The van der Waals surface area contributed by atoms with Crippen LogP contribution in [0.25, 0.3) is 0 Å². The summed E-state index contributed by atoms with van der Waals surface area (Å²) < 4.78 is 10.4. The Kier molecular flexibility index (Phi) is 5.01. The molecule has 110 valence electrons. The molecule has 20 heavy (non-hydrogen) atoms. The molecule has 0 aromatic heterocycles. The van der Waals surface area contributed by atoms with Crippen molar-refractivity contribution in [2.75, 3.05) is 13.2 Å². The predicted octanol–water partition coefficient (Wildman–Crippen LogP) is 2.50. The quantitative estimate of drug-likeness (QED) is 0.778. The van der Waals surface area contributed by atoms with Gasteiger partial charge in [0.05, 0.1) is 6.61 Å². The topological polar surface area (TPSA) is 47.6 Å². The van der Waals surface area contributed by atoms with Crippen molar-refractivity contribution in [1.82, 2.24) is 5.32 Å². The summed E-state index contributed by atoms with van der Waals surface area (Å²) in [4.78, 5) is 11.3. The van der Waals surface area contributed by atoms with E-state index >= 15 is 0 Å². The number of benzene rings is 1. The van der Waals surface area contributed by atoms with Crippen LogP contribution in [0.15, 0.2) is 12.1 Å². The lowest BCUT2D eigenvalue weighted by molar-refractivity contribution is -0.145. The first-order valence-electron chi connectivity index (χ1n) is 7.22. The van der Waals surface area contributed by atoms with Gasteiger partial charge < -0.3 is 14.8 Å². The van der Waals surface area contributed by atoms with E-state index in [4.69, 9.17) is 9.47 Å². The maximum atomic E-state index is 11.3. The Morgan fingerprint density at radius 1 is 1.30 bits per heavy atom. The van der Waals surface area contributed by atoms with Gasteiger partial charge >= 0.3 is 5.97 Å². The fraction of sp³-hybridized carbons (Fsp3) is 0.562. The summed E-state index contributed by atoms with van der Waals surface area (Å²) in [5, 5.41) is 3.50. The summed E-state index contributed by atoms with van der Waals surface area (Å²) >= 11 is 0. The van der Waals surface area contributed by atoms with Gasteiger partial charge in [-0.15, -0.1) is 0 Å². The number of carbonyl (C=O) groups is 1. The number of hydrogen-bond donors (Lipinski definition) is 1. The monoisotopic (exact) mass is 277 g/mol. The van der Waals surface area contributed by atoms with Gasteiger partial charge in [0, 0.05) is 12.6 Å². The Bertz CT molecular complexity index is 458. The molecule has 0 unspecified atom stereocenters. The lowest BCUT2D eigenvalue weighted by atomic mass is 10.1. The molecule has 0 spiro atoms. The molecule has 1 aliphatic carbocycles. The number of rotatable bonds is 7. The van der Waals surface area contributed by atoms with Crippen LogP contribution in [0.5, 0.6) is 5.75 Å². The largest absolute Gasteiger partial charge is 0.481 e. The predicted molar refractivity (Wildman–Crippen MR) is 77.9 cm³/mol. The molecule has 0 atom stereocenters. The van der Waals surface area contributed by atoms with Gasteiger partial charge in [-0.3, -0.25) is 0 Å². The molecule has 1 N–H and O–H groups in total. The van der Waals surface area contributed by atoms with Gasteiger partial charge in [0.1, 0.15) is 5.75 Å². The molecular weight excluding hydrogens is 254 g/mol. The molecule has 4 heteroatoms. The minimum Gasteiger partial charge on any atom is -0.481 e. The molecule has 1 aromatic rings. The average Bonchev–Trinajstić information content (AvgIpc) is 3.19. The summed E-state index contributed by atoms with van der Waals surface area (Å²) in [6.45, 7) is 7.05. The Hall–Kier alpha value is -1.55. The van der Waals surface area contributed by atoms with Gasteiger partial charge in [-0.25, -0.2) is 4.79 Å². The van der Waals surface area contributed by atoms with E-state index in [1.807, 2.05) is 13.8 Å². The smallest absolute Gasteiger partial charge is 0.344 e. The maximum Gasteiger partial charge on any atom is 0.344 e. The first-order chi connectivity index (χ1) is 9.60. The average molecular weight is 277 g/mol. The van der Waals surface area contributed by atoms with Crippen LogP contribution in [0.3, 0.4) is 0 Å². The SMILES string of the molecule is CCOC(=O)COc1c(C)cc(CNC2CC2)cc1C. The summed E-state index contributed by atoms with van der Waals surface area (Å²) in [6.07, 6.45) is 2.58. The minimum absolute atomic E-state index is 0.0325. The van der Waals surface area contributed by atoms with Crippen LogP contribution in [0.4, 0.5) is 0 Å². The van der Waals surface area contributed by atoms with E-state index in [0.29, 0.717) is 12.6 Å². The van der Waals surface area contributed by atoms with Crippen LogP contribution in [-0.2, 0) is 16.1 Å². The number of hydrogen-bond acceptors (Lipinski definition) is 4. The lowest BCUT2D eigenvalue weighted by Gasteiger charge is -2.14. The van der Waals surface area contributed by atoms with E-state index in [0.717, 1.165) is 23.4 Å². The molecular formula is C16H23NO3. The summed E-state index contributed by atoms with van der Waals surface area (Å²) in [7, 11) is 0. The zero-order valence-corrected chi connectivity index (χ0v) is 12.5. The van der Waals surface area contributed by atoms with Crippen LogP contribution in [-0.4, -0.2) is 25.2 Å². The van der Waals surface area contributed by atoms with Crippen LogP contribution in [0, 0.1) is 13.8 Å². The van der Waals surface area contributed by atoms with E-state index in [2.05, 4.69) is 17.4 Å². The third-order valence-corrected chi connectivity index (χ3v) is 3.33. The normalized spacial score (nSPS) is 14.2. The van der Waals surface area contributed by atoms with Crippen molar-refractivity contribution in [3.63, 3.8) is 0 Å². The lowest BCUT2D eigenvalue weighted by Crippen LogP contribution is -2.17. The third kappa shape index (κ3) is 4.23. The highest BCUT2D eigenvalue weighted by Crippen LogP contribution is 2.26. The molecule has 1 aliphatic rings. The van der Waals surface area contributed by atoms with E-state index in [9.17, 15) is 4.79 Å². The van der Waals surface area contributed by atoms with Crippen molar-refractivity contribution in [3.8, 4) is 5.75 Å². The highest BCUT2D eigenvalue weighted by atomic mass is 16.6. The highest BCUT2D eigenvalue weighted by molar-refractivity contribution is 5.71. The molecule has 1 aromatic carbocycles. The highest BCUT2D eigenvalue weighted by Gasteiger charge is 2.20. The Balaban J connectivity index is 1.96. The third-order valence-electron chi connectivity index (χ3n) is 3.33. The Morgan fingerprint density at radius 2 is 1.95 bits per heavy atom. The number of esters is 1. The van der Waals surface area contributed by atoms with Crippen molar-refractivity contribution in [2.45, 2.75) is 46.2 Å². The van der Waals surface area contributed by atoms with Gasteiger partial charge in [-0.2, -0.15) is 0 Å². The molecule has 0 heterocycles. The van der Waals surface area contributed by atoms with E-state index < -0.39 is 0 Å². The Morgan fingerprint density at radius 3 is 2.50 bits per heavy atom. The molecule has 0 saturated heterocycles. The van der Waals surface area contributed by atoms with E-state index in [1.165, 1.54) is 18.4 Å². The number of ether oxygens (including phenoxy) is 2. The van der Waals surface area contributed by atoms with Crippen molar-refractivity contribution in [1.29, 1.82) is 0 Å². The van der Waals surface area contributed by atoms with Crippen LogP contribution < -0.4 is 10.1 Å². The fourth-order valence-corrected chi connectivity index (χ4v) is 2.25. The molecule has 1 fully saturated rings. The number of aryl methyl sites for hydroxylation is 2. The summed E-state index contributed by atoms with van der Waals surface area (Å²) in [5.41, 5.74) is 3.37. The standard InChI is InChI=1S/C16H23NO3/c1-4-19-15(18)10-20-16-11(2)7-13(8-12(16)3)9-17-14-5-6-14/h7-8,14,17H,4-6,9-10H2,1-3H3. The number of carbonyl (C=O) groups excluding carboxylic acids is 1. The molecule has 2 rings (SSSR count). The van der Waals surface area contributed by atoms with Crippen LogP contribution >= 0.6 is 0 Å². The second-order valence-corrected chi connectivity index (χ2v) is 5.31. The van der Waals surface area contributed by atoms with Gasteiger partial charge in [0.2, 0.25) is 0 Å². The maximum absolute atomic E-state index is 11.3. The van der Waals surface area contributed by atoms with Crippen molar-refractivity contribution >= 4 is 5.97 Å². The second kappa shape index (κ2) is 6.75. The van der Waals surface area contributed by atoms with Crippen molar-refractivity contribution in [3.05, 3.63) is 28.8 Å². The summed E-state index contributed by atoms with van der Waals surface area (Å²) in [6, 6.07) is 4.93. The molecule has 0 aliphatic heterocycles.